The molecule has 0 aliphatic heterocycles. The zero-order chi connectivity index (χ0) is 9.97. The van der Waals surface area contributed by atoms with Gasteiger partial charge in [0.25, 0.3) is 0 Å². The molecule has 0 aliphatic rings. The van der Waals surface area contributed by atoms with Gasteiger partial charge >= 0.3 is 0 Å². The van der Waals surface area contributed by atoms with Crippen LogP contribution in [0.1, 0.15) is 10.6 Å². The third kappa shape index (κ3) is 1.81. The minimum Gasteiger partial charge on any atom is -0.326 e. The van der Waals surface area contributed by atoms with Gasteiger partial charge in [0.05, 0.1) is 5.69 Å². The van der Waals surface area contributed by atoms with Gasteiger partial charge in [0.1, 0.15) is 5.01 Å². The Labute approximate surface area is 86.6 Å². The van der Waals surface area contributed by atoms with Gasteiger partial charge in [0, 0.05) is 23.3 Å². The molecule has 0 atom stereocenters. The lowest BCUT2D eigenvalue weighted by atomic mass is 10.3. The second-order valence-electron chi connectivity index (χ2n) is 3.00. The molecule has 0 saturated carbocycles. The van der Waals surface area contributed by atoms with Crippen molar-refractivity contribution >= 4 is 11.3 Å². The van der Waals surface area contributed by atoms with Crippen molar-refractivity contribution in [3.05, 3.63) is 35.0 Å². The summed E-state index contributed by atoms with van der Waals surface area (Å²) in [4.78, 5) is 9.76. The molecule has 2 rings (SSSR count). The number of nitrogens with two attached hydrogens (primary N) is 1. The first-order valence-electron chi connectivity index (χ1n) is 4.38. The van der Waals surface area contributed by atoms with E-state index in [9.17, 15) is 0 Å². The number of nitrogens with zero attached hydrogens (tertiary/aromatic N) is 2. The summed E-state index contributed by atoms with van der Waals surface area (Å²) in [6.07, 6.45) is 1.81. The van der Waals surface area contributed by atoms with E-state index in [4.69, 9.17) is 5.73 Å². The third-order valence-corrected chi connectivity index (χ3v) is 2.90. The Morgan fingerprint density at radius 1 is 1.43 bits per heavy atom. The molecule has 0 saturated heterocycles. The summed E-state index contributed by atoms with van der Waals surface area (Å²) in [7, 11) is 0. The second kappa shape index (κ2) is 3.86. The quantitative estimate of drug-likeness (QED) is 0.815. The van der Waals surface area contributed by atoms with Crippen LogP contribution >= 0.6 is 11.3 Å². The van der Waals surface area contributed by atoms with Gasteiger partial charge < -0.3 is 5.73 Å². The molecule has 2 aromatic rings. The fourth-order valence-electron chi connectivity index (χ4n) is 1.18. The Balaban J connectivity index is 2.39. The molecule has 2 heterocycles. The van der Waals surface area contributed by atoms with Crippen molar-refractivity contribution in [3.63, 3.8) is 0 Å². The van der Waals surface area contributed by atoms with Crippen LogP contribution in [0.4, 0.5) is 0 Å². The predicted molar refractivity (Wildman–Crippen MR) is 58.0 cm³/mol. The Bertz CT molecular complexity index is 436. The molecule has 0 bridgehead atoms. The van der Waals surface area contributed by atoms with Crippen LogP contribution in [0.2, 0.25) is 0 Å². The van der Waals surface area contributed by atoms with Gasteiger partial charge in [0.15, 0.2) is 0 Å². The molecule has 14 heavy (non-hydrogen) atoms. The molecule has 3 nitrogen and oxygen atoms in total. The van der Waals surface area contributed by atoms with Crippen LogP contribution in [0.15, 0.2) is 24.4 Å². The molecule has 0 unspecified atom stereocenters. The molecule has 0 spiro atoms. The largest absolute Gasteiger partial charge is 0.326 e. The number of aryl methyl sites for hydroxylation is 1. The molecule has 2 aromatic heterocycles. The summed E-state index contributed by atoms with van der Waals surface area (Å²) in [5.74, 6) is 0. The minimum atomic E-state index is 0.545. The Kier molecular flexibility index (Phi) is 2.56. The van der Waals surface area contributed by atoms with Crippen LogP contribution in [0.25, 0.3) is 10.7 Å². The normalized spacial score (nSPS) is 10.4. The van der Waals surface area contributed by atoms with Crippen molar-refractivity contribution in [3.8, 4) is 10.7 Å². The molecular formula is C10H11N3S. The van der Waals surface area contributed by atoms with E-state index in [0.29, 0.717) is 6.54 Å². The lowest BCUT2D eigenvalue weighted by Crippen LogP contribution is -1.91. The van der Waals surface area contributed by atoms with Crippen LogP contribution in [0.3, 0.4) is 0 Å². The number of hydrogen-bond acceptors (Lipinski definition) is 4. The first-order chi connectivity index (χ1) is 6.79. The fraction of sp³-hybridized carbons (Fsp3) is 0.200. The van der Waals surface area contributed by atoms with Gasteiger partial charge in [0.2, 0.25) is 0 Å². The lowest BCUT2D eigenvalue weighted by Gasteiger charge is -1.95. The number of aromatic nitrogens is 2. The van der Waals surface area contributed by atoms with Crippen molar-refractivity contribution in [2.75, 3.05) is 0 Å². The van der Waals surface area contributed by atoms with Crippen molar-refractivity contribution < 1.29 is 0 Å². The van der Waals surface area contributed by atoms with Crippen LogP contribution < -0.4 is 5.73 Å². The monoisotopic (exact) mass is 205 g/mol. The summed E-state index contributed by atoms with van der Waals surface area (Å²) < 4.78 is 0. The number of hydrogen-bond donors (Lipinski definition) is 1. The zero-order valence-electron chi connectivity index (χ0n) is 7.90. The first-order valence-corrected chi connectivity index (χ1v) is 5.20. The zero-order valence-corrected chi connectivity index (χ0v) is 8.71. The number of thiazole rings is 1. The number of pyridine rings is 1. The maximum Gasteiger partial charge on any atom is 0.142 e. The highest BCUT2D eigenvalue weighted by Gasteiger charge is 2.04. The summed E-state index contributed by atoms with van der Waals surface area (Å²) in [6, 6.07) is 5.92. The Morgan fingerprint density at radius 3 is 2.93 bits per heavy atom. The van der Waals surface area contributed by atoms with E-state index < -0.39 is 0 Å². The van der Waals surface area contributed by atoms with Gasteiger partial charge in [-0.05, 0) is 19.1 Å². The van der Waals surface area contributed by atoms with Gasteiger partial charge in [-0.15, -0.1) is 11.3 Å². The molecule has 4 heteroatoms. The van der Waals surface area contributed by atoms with Crippen molar-refractivity contribution in [1.29, 1.82) is 0 Å². The SMILES string of the molecule is Cc1cccc(-c2ncc(CN)s2)n1. The van der Waals surface area contributed by atoms with E-state index >= 15 is 0 Å². The van der Waals surface area contributed by atoms with Crippen LogP contribution in [-0.4, -0.2) is 9.97 Å². The maximum absolute atomic E-state index is 5.52. The highest BCUT2D eigenvalue weighted by molar-refractivity contribution is 7.14. The average molecular weight is 205 g/mol. The topological polar surface area (TPSA) is 51.8 Å². The predicted octanol–water partition coefficient (Wildman–Crippen LogP) is 1.97. The first kappa shape index (κ1) is 9.30. The van der Waals surface area contributed by atoms with E-state index in [1.807, 2.05) is 31.3 Å². The summed E-state index contributed by atoms with van der Waals surface area (Å²) in [5.41, 5.74) is 7.45. The standard InChI is InChI=1S/C10H11N3S/c1-7-3-2-4-9(13-7)10-12-6-8(5-11)14-10/h2-4,6H,5,11H2,1H3. The van der Waals surface area contributed by atoms with E-state index in [-0.39, 0.29) is 0 Å². The third-order valence-electron chi connectivity index (χ3n) is 1.86. The highest BCUT2D eigenvalue weighted by atomic mass is 32.1. The van der Waals surface area contributed by atoms with E-state index in [1.165, 1.54) is 0 Å². The van der Waals surface area contributed by atoms with Crippen LogP contribution in [-0.2, 0) is 6.54 Å². The van der Waals surface area contributed by atoms with Crippen molar-refractivity contribution in [2.24, 2.45) is 5.73 Å². The average Bonchev–Trinajstić information content (AvgIpc) is 2.66. The van der Waals surface area contributed by atoms with E-state index in [2.05, 4.69) is 9.97 Å². The van der Waals surface area contributed by atoms with Gasteiger partial charge in [-0.3, -0.25) is 4.98 Å². The van der Waals surface area contributed by atoms with Gasteiger partial charge in [-0.25, -0.2) is 4.98 Å². The molecule has 0 radical (unpaired) electrons. The second-order valence-corrected chi connectivity index (χ2v) is 4.12. The molecule has 0 aromatic carbocycles. The lowest BCUT2D eigenvalue weighted by molar-refractivity contribution is 1.10. The highest BCUT2D eigenvalue weighted by Crippen LogP contribution is 2.22. The number of rotatable bonds is 2. The van der Waals surface area contributed by atoms with Crippen LogP contribution in [0, 0.1) is 6.92 Å². The molecule has 0 fully saturated rings. The molecule has 2 N–H and O–H groups in total. The summed E-state index contributed by atoms with van der Waals surface area (Å²) in [5, 5.41) is 0.939. The molecular weight excluding hydrogens is 194 g/mol. The molecule has 0 amide bonds. The Hall–Kier alpha value is -1.26. The maximum atomic E-state index is 5.52. The molecule has 0 aliphatic carbocycles. The Morgan fingerprint density at radius 2 is 2.29 bits per heavy atom. The van der Waals surface area contributed by atoms with Gasteiger partial charge in [-0.2, -0.15) is 0 Å². The smallest absolute Gasteiger partial charge is 0.142 e. The van der Waals surface area contributed by atoms with E-state index in [0.717, 1.165) is 21.3 Å². The van der Waals surface area contributed by atoms with Gasteiger partial charge in [-0.1, -0.05) is 6.07 Å². The van der Waals surface area contributed by atoms with Crippen molar-refractivity contribution in [2.45, 2.75) is 13.5 Å². The van der Waals surface area contributed by atoms with Crippen molar-refractivity contribution in [1.82, 2.24) is 9.97 Å². The van der Waals surface area contributed by atoms with E-state index in [1.54, 1.807) is 11.3 Å². The summed E-state index contributed by atoms with van der Waals surface area (Å²) >= 11 is 1.60. The van der Waals surface area contributed by atoms with Crippen LogP contribution in [0.5, 0.6) is 0 Å². The molecule has 72 valence electrons. The summed E-state index contributed by atoms with van der Waals surface area (Å²) in [6.45, 7) is 2.52. The fourth-order valence-corrected chi connectivity index (χ4v) is 1.94. The minimum absolute atomic E-state index is 0.545.